The van der Waals surface area contributed by atoms with Crippen LogP contribution in [-0.4, -0.2) is 16.7 Å². The first-order valence-electron chi connectivity index (χ1n) is 8.18. The number of rotatable bonds is 7. The normalized spacial score (nSPS) is 10.9. The zero-order valence-electron chi connectivity index (χ0n) is 13.7. The van der Waals surface area contributed by atoms with Gasteiger partial charge in [0.15, 0.2) is 0 Å². The number of nitrogens with one attached hydrogen (secondary N) is 1. The first-order chi connectivity index (χ1) is 11.3. The van der Waals surface area contributed by atoms with E-state index in [1.807, 2.05) is 30.3 Å². The third kappa shape index (κ3) is 3.47. The van der Waals surface area contributed by atoms with Crippen LogP contribution in [0.1, 0.15) is 26.2 Å². The molecule has 0 amide bonds. The van der Waals surface area contributed by atoms with Crippen molar-refractivity contribution < 1.29 is 4.74 Å². The van der Waals surface area contributed by atoms with Crippen LogP contribution >= 0.6 is 0 Å². The number of nitrogens with zero attached hydrogens (tertiary/aromatic N) is 2. The zero-order valence-corrected chi connectivity index (χ0v) is 13.7. The number of anilines is 2. The van der Waals surface area contributed by atoms with Gasteiger partial charge in [0.05, 0.1) is 18.1 Å². The molecule has 3 rings (SSSR count). The molecule has 1 N–H and O–H groups in total. The minimum atomic E-state index is 0.854. The minimum absolute atomic E-state index is 0.854. The van der Waals surface area contributed by atoms with Crippen molar-refractivity contribution in [3.8, 4) is 5.75 Å². The third-order valence-corrected chi connectivity index (χ3v) is 3.99. The van der Waals surface area contributed by atoms with Gasteiger partial charge >= 0.3 is 0 Å². The highest BCUT2D eigenvalue weighted by molar-refractivity contribution is 5.79. The molecule has 0 saturated heterocycles. The van der Waals surface area contributed by atoms with Crippen LogP contribution in [-0.2, 0) is 6.54 Å². The maximum absolute atomic E-state index is 5.21. The van der Waals surface area contributed by atoms with Gasteiger partial charge in [-0.25, -0.2) is 4.98 Å². The molecule has 0 unspecified atom stereocenters. The third-order valence-electron chi connectivity index (χ3n) is 3.99. The molecule has 0 aliphatic carbocycles. The maximum atomic E-state index is 5.21. The fourth-order valence-electron chi connectivity index (χ4n) is 2.72. The Balaban J connectivity index is 1.89. The molecule has 23 heavy (non-hydrogen) atoms. The van der Waals surface area contributed by atoms with Crippen LogP contribution in [0.25, 0.3) is 11.0 Å². The summed E-state index contributed by atoms with van der Waals surface area (Å²) in [6.45, 7) is 3.20. The summed E-state index contributed by atoms with van der Waals surface area (Å²) in [5.74, 6) is 1.75. The molecule has 1 heterocycles. The second-order valence-electron chi connectivity index (χ2n) is 5.64. The smallest absolute Gasteiger partial charge is 0.208 e. The quantitative estimate of drug-likeness (QED) is 0.626. The van der Waals surface area contributed by atoms with E-state index in [-0.39, 0.29) is 0 Å². The van der Waals surface area contributed by atoms with Gasteiger partial charge in [-0.3, -0.25) is 0 Å². The summed E-state index contributed by atoms with van der Waals surface area (Å²) in [4.78, 5) is 4.75. The number of ether oxygens (including phenoxy) is 1. The number of aryl methyl sites for hydroxylation is 1. The highest BCUT2D eigenvalue weighted by atomic mass is 16.5. The summed E-state index contributed by atoms with van der Waals surface area (Å²) < 4.78 is 7.48. The van der Waals surface area contributed by atoms with Crippen LogP contribution in [0.15, 0.2) is 48.5 Å². The van der Waals surface area contributed by atoms with Crippen LogP contribution in [0.3, 0.4) is 0 Å². The maximum Gasteiger partial charge on any atom is 0.208 e. The summed E-state index contributed by atoms with van der Waals surface area (Å²) in [5, 5.41) is 3.44. The molecule has 0 bridgehead atoms. The molecule has 0 aliphatic rings. The van der Waals surface area contributed by atoms with Crippen LogP contribution < -0.4 is 10.1 Å². The van der Waals surface area contributed by atoms with Crippen LogP contribution in [0.5, 0.6) is 5.75 Å². The van der Waals surface area contributed by atoms with Gasteiger partial charge in [-0.2, -0.15) is 0 Å². The van der Waals surface area contributed by atoms with Gasteiger partial charge in [-0.05, 0) is 42.8 Å². The van der Waals surface area contributed by atoms with E-state index < -0.39 is 0 Å². The number of aromatic nitrogens is 2. The standard InChI is InChI=1S/C19H23N3O/c1-3-4-7-14-22-18-9-6-5-8-17(18)21-19(22)20-15-10-12-16(23-2)13-11-15/h5-6,8-13H,3-4,7,14H2,1-2H3,(H,20,21). The number of fused-ring (bicyclic) bond motifs is 1. The van der Waals surface area contributed by atoms with Crippen molar-refractivity contribution in [2.45, 2.75) is 32.7 Å². The highest BCUT2D eigenvalue weighted by Crippen LogP contribution is 2.24. The summed E-state index contributed by atoms with van der Waals surface area (Å²) >= 11 is 0. The molecule has 0 aliphatic heterocycles. The van der Waals surface area contributed by atoms with E-state index in [9.17, 15) is 0 Å². The SMILES string of the molecule is CCCCCn1c(Nc2ccc(OC)cc2)nc2ccccc21. The Morgan fingerprint density at radius 2 is 1.83 bits per heavy atom. The van der Waals surface area contributed by atoms with E-state index >= 15 is 0 Å². The number of benzene rings is 2. The number of unbranched alkanes of at least 4 members (excludes halogenated alkanes) is 2. The van der Waals surface area contributed by atoms with Crippen molar-refractivity contribution in [1.82, 2.24) is 9.55 Å². The van der Waals surface area contributed by atoms with Gasteiger partial charge in [-0.1, -0.05) is 31.9 Å². The summed E-state index contributed by atoms with van der Waals surface area (Å²) in [5.41, 5.74) is 3.22. The van der Waals surface area contributed by atoms with Crippen LogP contribution in [0.2, 0.25) is 0 Å². The van der Waals surface area contributed by atoms with Gasteiger partial charge in [0, 0.05) is 12.2 Å². The van der Waals surface area contributed by atoms with Gasteiger partial charge in [0.1, 0.15) is 5.75 Å². The average molecular weight is 309 g/mol. The lowest BCUT2D eigenvalue weighted by atomic mass is 10.2. The second-order valence-corrected chi connectivity index (χ2v) is 5.64. The Hall–Kier alpha value is -2.49. The molecule has 2 aromatic carbocycles. The van der Waals surface area contributed by atoms with Crippen LogP contribution in [0.4, 0.5) is 11.6 Å². The number of methoxy groups -OCH3 is 1. The average Bonchev–Trinajstić information content (AvgIpc) is 2.93. The largest absolute Gasteiger partial charge is 0.497 e. The van der Waals surface area contributed by atoms with Gasteiger partial charge in [0.25, 0.3) is 0 Å². The van der Waals surface area contributed by atoms with Crippen molar-refractivity contribution in [2.75, 3.05) is 12.4 Å². The lowest BCUT2D eigenvalue weighted by molar-refractivity contribution is 0.415. The fraction of sp³-hybridized carbons (Fsp3) is 0.316. The molecule has 120 valence electrons. The Morgan fingerprint density at radius 3 is 2.57 bits per heavy atom. The highest BCUT2D eigenvalue weighted by Gasteiger charge is 2.10. The van der Waals surface area contributed by atoms with Gasteiger partial charge < -0.3 is 14.6 Å². The lowest BCUT2D eigenvalue weighted by Crippen LogP contribution is -2.04. The summed E-state index contributed by atoms with van der Waals surface area (Å²) in [6.07, 6.45) is 3.61. The Bertz CT molecular complexity index is 762. The number of hydrogen-bond donors (Lipinski definition) is 1. The molecular weight excluding hydrogens is 286 g/mol. The molecule has 0 saturated carbocycles. The van der Waals surface area contributed by atoms with Crippen molar-refractivity contribution in [1.29, 1.82) is 0 Å². The number of para-hydroxylation sites is 2. The van der Waals surface area contributed by atoms with E-state index in [1.54, 1.807) is 7.11 Å². The Morgan fingerprint density at radius 1 is 1.04 bits per heavy atom. The first-order valence-corrected chi connectivity index (χ1v) is 8.18. The van der Waals surface area contributed by atoms with E-state index in [0.717, 1.165) is 35.9 Å². The topological polar surface area (TPSA) is 39.1 Å². The predicted octanol–water partition coefficient (Wildman–Crippen LogP) is 4.98. The van der Waals surface area contributed by atoms with Crippen molar-refractivity contribution in [2.24, 2.45) is 0 Å². The molecule has 0 radical (unpaired) electrons. The minimum Gasteiger partial charge on any atom is -0.497 e. The molecule has 4 nitrogen and oxygen atoms in total. The summed E-state index contributed by atoms with van der Waals surface area (Å²) in [6, 6.07) is 16.2. The molecule has 0 fully saturated rings. The zero-order chi connectivity index (χ0) is 16.1. The first kappa shape index (κ1) is 15.4. The summed E-state index contributed by atoms with van der Waals surface area (Å²) in [7, 11) is 1.68. The number of imidazole rings is 1. The molecule has 3 aromatic rings. The predicted molar refractivity (Wildman–Crippen MR) is 95.5 cm³/mol. The van der Waals surface area contributed by atoms with Crippen LogP contribution in [0, 0.1) is 0 Å². The number of hydrogen-bond acceptors (Lipinski definition) is 3. The van der Waals surface area contributed by atoms with Crippen molar-refractivity contribution in [3.63, 3.8) is 0 Å². The monoisotopic (exact) mass is 309 g/mol. The van der Waals surface area contributed by atoms with Crippen molar-refractivity contribution >= 4 is 22.7 Å². The molecule has 0 spiro atoms. The molecular formula is C19H23N3O. The van der Waals surface area contributed by atoms with E-state index in [1.165, 1.54) is 18.4 Å². The van der Waals surface area contributed by atoms with Gasteiger partial charge in [0.2, 0.25) is 5.95 Å². The van der Waals surface area contributed by atoms with E-state index in [2.05, 4.69) is 35.0 Å². The Kier molecular flexibility index (Phi) is 4.81. The molecule has 1 aromatic heterocycles. The lowest BCUT2D eigenvalue weighted by Gasteiger charge is -2.11. The van der Waals surface area contributed by atoms with E-state index in [4.69, 9.17) is 9.72 Å². The van der Waals surface area contributed by atoms with E-state index in [0.29, 0.717) is 0 Å². The van der Waals surface area contributed by atoms with Gasteiger partial charge in [-0.15, -0.1) is 0 Å². The van der Waals surface area contributed by atoms with Crippen molar-refractivity contribution in [3.05, 3.63) is 48.5 Å². The second kappa shape index (κ2) is 7.18. The fourth-order valence-corrected chi connectivity index (χ4v) is 2.72. The Labute approximate surface area is 137 Å². The molecule has 0 atom stereocenters. The molecule has 4 heteroatoms.